The van der Waals surface area contributed by atoms with Crippen molar-refractivity contribution in [3.63, 3.8) is 0 Å². The van der Waals surface area contributed by atoms with Gasteiger partial charge in [0.05, 0.1) is 23.8 Å². The van der Waals surface area contributed by atoms with Crippen LogP contribution in [0.2, 0.25) is 0 Å². The summed E-state index contributed by atoms with van der Waals surface area (Å²) in [5, 5.41) is 0.185. The van der Waals surface area contributed by atoms with E-state index in [0.29, 0.717) is 12.3 Å². The molecule has 0 aromatic carbocycles. The minimum Gasteiger partial charge on any atom is -0.252 e. The van der Waals surface area contributed by atoms with Crippen LogP contribution in [-0.2, 0) is 36.0 Å². The molecule has 0 N–H and O–H groups in total. The van der Waals surface area contributed by atoms with Crippen LogP contribution in [0.1, 0.15) is 59.8 Å². The summed E-state index contributed by atoms with van der Waals surface area (Å²) in [5.74, 6) is 5.07. The van der Waals surface area contributed by atoms with Crippen molar-refractivity contribution in [2.45, 2.75) is 59.8 Å². The van der Waals surface area contributed by atoms with Crippen LogP contribution in [0.5, 0.6) is 0 Å². The van der Waals surface area contributed by atoms with Crippen LogP contribution < -0.4 is 0 Å². The van der Waals surface area contributed by atoms with Crippen molar-refractivity contribution < 1.29 is 36.0 Å². The van der Waals surface area contributed by atoms with Crippen molar-refractivity contribution in [1.29, 1.82) is 0 Å². The average Bonchev–Trinajstić information content (AvgIpc) is 2.59. The van der Waals surface area contributed by atoms with Crippen molar-refractivity contribution in [3.05, 3.63) is 17.0 Å². The Morgan fingerprint density at radius 3 is 1.84 bits per heavy atom. The molecule has 25 heavy (non-hydrogen) atoms. The van der Waals surface area contributed by atoms with E-state index >= 15 is 0 Å². The summed E-state index contributed by atoms with van der Waals surface area (Å²) in [7, 11) is -2.49. The van der Waals surface area contributed by atoms with Gasteiger partial charge in [0, 0.05) is 29.3 Å². The predicted octanol–water partition coefficient (Wildman–Crippen LogP) is 4.04. The van der Waals surface area contributed by atoms with E-state index in [1.807, 2.05) is 33.6 Å². The Labute approximate surface area is 161 Å². The van der Waals surface area contributed by atoms with E-state index in [2.05, 4.69) is 0 Å². The summed E-state index contributed by atoms with van der Waals surface area (Å²) in [4.78, 5) is 46.7. The van der Waals surface area contributed by atoms with Crippen molar-refractivity contribution in [2.24, 2.45) is 5.92 Å². The van der Waals surface area contributed by atoms with E-state index in [9.17, 15) is 19.2 Å². The maximum absolute atomic E-state index is 13.1. The second kappa shape index (κ2) is 14.2. The summed E-state index contributed by atoms with van der Waals surface area (Å²) in [6, 6.07) is 0. The van der Waals surface area contributed by atoms with Crippen molar-refractivity contribution in [3.8, 4) is 0 Å². The molecule has 141 valence electrons. The van der Waals surface area contributed by atoms with Gasteiger partial charge in [-0.25, -0.2) is 14.4 Å². The van der Waals surface area contributed by atoms with E-state index in [1.165, 1.54) is 0 Å². The van der Waals surface area contributed by atoms with Crippen molar-refractivity contribution in [1.82, 2.24) is 0 Å². The molecule has 0 aliphatic rings. The maximum Gasteiger partial charge on any atom is 0.276 e. The van der Waals surface area contributed by atoms with E-state index in [-0.39, 0.29) is 45.5 Å². The summed E-state index contributed by atoms with van der Waals surface area (Å²) in [6.07, 6.45) is 5.78. The van der Waals surface area contributed by atoms with Gasteiger partial charge >= 0.3 is 0 Å². The molecule has 1 radical (unpaired) electrons. The molecule has 6 heteroatoms. The maximum atomic E-state index is 13.1. The van der Waals surface area contributed by atoms with E-state index < -0.39 is 7.26 Å². The predicted molar refractivity (Wildman–Crippen MR) is 99.6 cm³/mol. The molecule has 0 atom stereocenters. The molecular weight excluding hydrogens is 382 g/mol. The number of rotatable bonds is 12. The normalized spacial score (nSPS) is 10.1. The third-order valence-corrected chi connectivity index (χ3v) is 8.76. The molecule has 0 rings (SSSR count). The Kier molecular flexibility index (Phi) is 14.8. The van der Waals surface area contributed by atoms with Crippen LogP contribution in [0, 0.1) is 5.92 Å². The number of carbonyl (C=O) groups excluding carboxylic acids is 4. The molecule has 0 aromatic heterocycles. The smallest absolute Gasteiger partial charge is 0.252 e. The first kappa shape index (κ1) is 26.2. The molecule has 0 saturated carbocycles. The fourth-order valence-electron chi connectivity index (χ4n) is 2.75. The van der Waals surface area contributed by atoms with E-state index in [4.69, 9.17) is 0 Å². The molecule has 0 saturated heterocycles. The number of carbonyl (C=O) groups is 1. The largest absolute Gasteiger partial charge is 0.276 e. The second-order valence-electron chi connectivity index (χ2n) is 6.17. The van der Waals surface area contributed by atoms with Crippen LogP contribution in [0.15, 0.2) is 17.0 Å². The van der Waals surface area contributed by atoms with Gasteiger partial charge in [-0.1, -0.05) is 40.5 Å². The Hall–Kier alpha value is -1.04. The summed E-state index contributed by atoms with van der Waals surface area (Å²) in [5.41, 5.74) is 0.147. The number of unbranched alkanes of at least 4 members (excludes halogenated alkanes) is 2. The molecule has 0 fully saturated rings. The van der Waals surface area contributed by atoms with E-state index in [0.717, 1.165) is 31.8 Å². The Bertz CT molecular complexity index is 570. The molecule has 0 aliphatic carbocycles. The summed E-state index contributed by atoms with van der Waals surface area (Å²) >= 11 is 0. The SMILES string of the molecule is CCCC[P+](CCCC)(C(=O)C(C)C)C(=C=O)C(=C=O)CC=C=O.[Co]. The van der Waals surface area contributed by atoms with Gasteiger partial charge in [0.15, 0.2) is 11.3 Å². The minimum atomic E-state index is -2.49. The van der Waals surface area contributed by atoms with Gasteiger partial charge in [0.25, 0.3) is 5.52 Å². The first-order chi connectivity index (χ1) is 11.4. The second-order valence-corrected chi connectivity index (χ2v) is 9.89. The molecule has 0 heterocycles. The third-order valence-electron chi connectivity index (χ3n) is 4.03. The van der Waals surface area contributed by atoms with Crippen molar-refractivity contribution >= 4 is 30.6 Å². The fourth-order valence-corrected chi connectivity index (χ4v) is 7.61. The molecule has 4 nitrogen and oxygen atoms in total. The average molecular weight is 410 g/mol. The zero-order chi connectivity index (χ0) is 18.6. The van der Waals surface area contributed by atoms with Gasteiger partial charge in [-0.2, -0.15) is 0 Å². The van der Waals surface area contributed by atoms with Gasteiger partial charge in [0.1, 0.15) is 19.1 Å². The van der Waals surface area contributed by atoms with Gasteiger partial charge in [-0.15, -0.1) is 0 Å². The monoisotopic (exact) mass is 410 g/mol. The van der Waals surface area contributed by atoms with Crippen LogP contribution in [0.4, 0.5) is 0 Å². The van der Waals surface area contributed by atoms with Gasteiger partial charge < -0.3 is 0 Å². The Balaban J connectivity index is 0. The third kappa shape index (κ3) is 7.38. The molecule has 0 spiro atoms. The molecular formula is C19H28CoO4P+. The van der Waals surface area contributed by atoms with Crippen LogP contribution in [0.3, 0.4) is 0 Å². The summed E-state index contributed by atoms with van der Waals surface area (Å²) in [6.45, 7) is 7.72. The van der Waals surface area contributed by atoms with E-state index in [1.54, 1.807) is 11.9 Å². The summed E-state index contributed by atoms with van der Waals surface area (Å²) < 4.78 is 0. The quantitative estimate of drug-likeness (QED) is 0.277. The molecule has 0 aromatic rings. The zero-order valence-electron chi connectivity index (χ0n) is 15.5. The molecule has 0 bridgehead atoms. The van der Waals surface area contributed by atoms with Crippen molar-refractivity contribution in [2.75, 3.05) is 12.3 Å². The number of allylic oxidation sites excluding steroid dienone is 3. The van der Waals surface area contributed by atoms with Crippen LogP contribution >= 0.6 is 7.26 Å². The molecule has 0 unspecified atom stereocenters. The Morgan fingerprint density at radius 2 is 1.52 bits per heavy atom. The first-order valence-corrected chi connectivity index (χ1v) is 10.7. The van der Waals surface area contributed by atoms with Gasteiger partial charge in [-0.3, -0.25) is 4.79 Å². The molecule has 0 amide bonds. The first-order valence-electron chi connectivity index (χ1n) is 8.55. The minimum absolute atomic E-state index is 0. The topological polar surface area (TPSA) is 68.3 Å². The van der Waals surface area contributed by atoms with Gasteiger partial charge in [0.2, 0.25) is 0 Å². The van der Waals surface area contributed by atoms with Gasteiger partial charge in [-0.05, 0) is 12.8 Å². The standard InChI is InChI=1S/C19H28O4P.Co/c1-5-7-12-24(13-8-6-2,19(23)16(3)4)18(15-22)17(14-21)10-9-11-20;/h9,16H,5-8,10,12-13H2,1-4H3;/q+1;. The number of hydrogen-bond donors (Lipinski definition) is 0. The molecule has 0 aliphatic heterocycles. The van der Waals surface area contributed by atoms with Crippen LogP contribution in [0.25, 0.3) is 0 Å². The fraction of sp³-hybridized carbons (Fsp3) is 0.632. The zero-order valence-corrected chi connectivity index (χ0v) is 17.5. The Morgan fingerprint density at radius 1 is 1.00 bits per heavy atom. The van der Waals surface area contributed by atoms with Crippen LogP contribution in [-0.4, -0.2) is 35.7 Å². The number of hydrogen-bond acceptors (Lipinski definition) is 4.